The number of allylic oxidation sites excluding steroid dienone is 2. The monoisotopic (exact) mass is 318 g/mol. The van der Waals surface area contributed by atoms with Crippen LogP contribution in [0, 0.1) is 23.2 Å². The first-order valence-electron chi connectivity index (χ1n) is 9.14. The van der Waals surface area contributed by atoms with Crippen LogP contribution in [0.2, 0.25) is 0 Å². The van der Waals surface area contributed by atoms with Crippen LogP contribution in [-0.2, 0) is 14.3 Å². The van der Waals surface area contributed by atoms with Crippen molar-refractivity contribution in [2.75, 3.05) is 0 Å². The van der Waals surface area contributed by atoms with Crippen molar-refractivity contribution in [1.29, 1.82) is 0 Å². The van der Waals surface area contributed by atoms with Crippen molar-refractivity contribution in [1.82, 2.24) is 0 Å². The van der Waals surface area contributed by atoms with Crippen molar-refractivity contribution >= 4 is 12.1 Å². The molecule has 1 saturated carbocycles. The lowest BCUT2D eigenvalue weighted by molar-refractivity contribution is -0.138. The van der Waals surface area contributed by atoms with E-state index >= 15 is 0 Å². The molecule has 0 aromatic carbocycles. The van der Waals surface area contributed by atoms with Crippen molar-refractivity contribution < 1.29 is 14.3 Å². The van der Waals surface area contributed by atoms with Crippen LogP contribution >= 0.6 is 0 Å². The van der Waals surface area contributed by atoms with E-state index in [4.69, 9.17) is 4.74 Å². The van der Waals surface area contributed by atoms with Gasteiger partial charge in [-0.3, -0.25) is 4.79 Å². The number of aldehydes is 1. The molecule has 0 spiro atoms. The van der Waals surface area contributed by atoms with E-state index in [9.17, 15) is 9.59 Å². The summed E-state index contributed by atoms with van der Waals surface area (Å²) >= 11 is 0. The quantitative estimate of drug-likeness (QED) is 0.415. The smallest absolute Gasteiger partial charge is 0.168 e. The van der Waals surface area contributed by atoms with Gasteiger partial charge in [0.15, 0.2) is 5.78 Å². The summed E-state index contributed by atoms with van der Waals surface area (Å²) in [5, 5.41) is 0. The summed E-state index contributed by atoms with van der Waals surface area (Å²) in [5.41, 5.74) is 1.01. The predicted molar refractivity (Wildman–Crippen MR) is 90.1 cm³/mol. The van der Waals surface area contributed by atoms with E-state index in [2.05, 4.69) is 26.8 Å². The van der Waals surface area contributed by atoms with Crippen molar-refractivity contribution in [3.8, 4) is 0 Å². The SMILES string of the molecule is C/C1=C\CC[C@@]2(C)O[C@@H]2C(=O)[C@@H]2CC[C@@H](C)[C@](C)(CC1)[C@H]2C=O. The molecule has 0 N–H and O–H groups in total. The fourth-order valence-electron chi connectivity index (χ4n) is 4.86. The first-order chi connectivity index (χ1) is 10.8. The number of fused-ring (bicyclic) bond motifs is 3. The van der Waals surface area contributed by atoms with Crippen molar-refractivity contribution in [2.24, 2.45) is 23.2 Å². The second-order valence-corrected chi connectivity index (χ2v) is 8.55. The van der Waals surface area contributed by atoms with Crippen LogP contribution in [-0.4, -0.2) is 23.8 Å². The van der Waals surface area contributed by atoms with Gasteiger partial charge in [-0.15, -0.1) is 0 Å². The normalized spacial score (nSPS) is 49.9. The Morgan fingerprint density at radius 3 is 2.70 bits per heavy atom. The van der Waals surface area contributed by atoms with Gasteiger partial charge in [-0.1, -0.05) is 25.5 Å². The average Bonchev–Trinajstić information content (AvgIpc) is 3.18. The van der Waals surface area contributed by atoms with Crippen molar-refractivity contribution in [3.63, 3.8) is 0 Å². The molecular formula is C20H30O3. The third kappa shape index (κ3) is 2.82. The number of ketones is 1. The maximum absolute atomic E-state index is 13.0. The molecule has 0 unspecified atom stereocenters. The highest BCUT2D eigenvalue weighted by atomic mass is 16.6. The number of carbonyl (C=O) groups excluding carboxylic acids is 2. The van der Waals surface area contributed by atoms with Gasteiger partial charge in [-0.25, -0.2) is 0 Å². The number of hydrogen-bond acceptors (Lipinski definition) is 3. The summed E-state index contributed by atoms with van der Waals surface area (Å²) in [6.07, 6.45) is 8.82. The molecule has 2 aliphatic carbocycles. The molecule has 1 saturated heterocycles. The van der Waals surface area contributed by atoms with Gasteiger partial charge in [0.2, 0.25) is 0 Å². The molecule has 0 radical (unpaired) electrons. The standard InChI is InChI=1S/C20H30O3/c1-13-6-5-10-20(4)18(23-20)17(22)15-8-7-14(2)19(3,11-9-13)16(15)12-21/h6,12,14-16,18H,5,7-11H2,1-4H3/b13-6+/t14-,15-,16+,18-,19+,20-/m1/s1. The number of Topliss-reactive ketones (excluding diaryl/α,β-unsaturated/α-hetero) is 1. The number of carbonyl (C=O) groups is 2. The lowest BCUT2D eigenvalue weighted by Gasteiger charge is -2.48. The summed E-state index contributed by atoms with van der Waals surface area (Å²) in [4.78, 5) is 25.0. The van der Waals surface area contributed by atoms with E-state index in [-0.39, 0.29) is 34.7 Å². The molecule has 3 heteroatoms. The molecule has 2 bridgehead atoms. The molecule has 0 amide bonds. The predicted octanol–water partition coefficient (Wildman–Crippen LogP) is 4.10. The van der Waals surface area contributed by atoms with Crippen LogP contribution in [0.3, 0.4) is 0 Å². The Bertz CT molecular complexity index is 537. The van der Waals surface area contributed by atoms with Gasteiger partial charge >= 0.3 is 0 Å². The Hall–Kier alpha value is -0.960. The zero-order valence-corrected chi connectivity index (χ0v) is 14.9. The molecule has 2 fully saturated rings. The highest BCUT2D eigenvalue weighted by Crippen LogP contribution is 2.53. The van der Waals surface area contributed by atoms with Crippen LogP contribution in [0.4, 0.5) is 0 Å². The first-order valence-corrected chi connectivity index (χ1v) is 9.14. The number of ether oxygens (including phenoxy) is 1. The highest BCUT2D eigenvalue weighted by molar-refractivity contribution is 5.91. The zero-order chi connectivity index (χ0) is 16.8. The summed E-state index contributed by atoms with van der Waals surface area (Å²) in [6.45, 7) is 8.71. The van der Waals surface area contributed by atoms with E-state index in [1.165, 1.54) is 5.57 Å². The minimum atomic E-state index is -0.306. The molecular weight excluding hydrogens is 288 g/mol. The molecule has 3 nitrogen and oxygen atoms in total. The Labute approximate surface area is 139 Å². The van der Waals surface area contributed by atoms with Crippen molar-refractivity contribution in [2.45, 2.75) is 77.9 Å². The second kappa shape index (κ2) is 5.84. The molecule has 1 aliphatic heterocycles. The van der Waals surface area contributed by atoms with Gasteiger partial charge in [0, 0.05) is 11.8 Å². The highest BCUT2D eigenvalue weighted by Gasteiger charge is 2.60. The fourth-order valence-corrected chi connectivity index (χ4v) is 4.86. The maximum atomic E-state index is 13.0. The van der Waals surface area contributed by atoms with Gasteiger partial charge in [0.05, 0.1) is 0 Å². The van der Waals surface area contributed by atoms with Crippen LogP contribution in [0.15, 0.2) is 11.6 Å². The average molecular weight is 318 g/mol. The minimum Gasteiger partial charge on any atom is -0.358 e. The number of hydrogen-bond donors (Lipinski definition) is 0. The van der Waals surface area contributed by atoms with E-state index in [0.29, 0.717) is 5.92 Å². The Morgan fingerprint density at radius 2 is 2.00 bits per heavy atom. The topological polar surface area (TPSA) is 46.7 Å². The van der Waals surface area contributed by atoms with Crippen molar-refractivity contribution in [3.05, 3.63) is 11.6 Å². The summed E-state index contributed by atoms with van der Waals surface area (Å²) in [7, 11) is 0. The van der Waals surface area contributed by atoms with Crippen LogP contribution < -0.4 is 0 Å². The summed E-state index contributed by atoms with van der Waals surface area (Å²) in [6, 6.07) is 0. The lowest BCUT2D eigenvalue weighted by Crippen LogP contribution is -2.47. The first kappa shape index (κ1) is 16.9. The largest absolute Gasteiger partial charge is 0.358 e. The van der Waals surface area contributed by atoms with Crippen LogP contribution in [0.5, 0.6) is 0 Å². The molecule has 23 heavy (non-hydrogen) atoms. The Morgan fingerprint density at radius 1 is 1.26 bits per heavy atom. The number of epoxide rings is 1. The molecule has 6 atom stereocenters. The van der Waals surface area contributed by atoms with Gasteiger partial charge < -0.3 is 9.53 Å². The zero-order valence-electron chi connectivity index (χ0n) is 14.9. The van der Waals surface area contributed by atoms with Gasteiger partial charge in [0.1, 0.15) is 18.0 Å². The Kier molecular flexibility index (Phi) is 4.29. The van der Waals surface area contributed by atoms with Gasteiger partial charge in [-0.2, -0.15) is 0 Å². The van der Waals surface area contributed by atoms with Crippen LogP contribution in [0.1, 0.15) is 66.2 Å². The number of rotatable bonds is 1. The molecule has 128 valence electrons. The van der Waals surface area contributed by atoms with Gasteiger partial charge in [0.25, 0.3) is 0 Å². The fraction of sp³-hybridized carbons (Fsp3) is 0.800. The second-order valence-electron chi connectivity index (χ2n) is 8.55. The van der Waals surface area contributed by atoms with E-state index < -0.39 is 0 Å². The van der Waals surface area contributed by atoms with E-state index in [0.717, 1.165) is 44.8 Å². The maximum Gasteiger partial charge on any atom is 0.168 e. The molecule has 1 heterocycles. The minimum absolute atomic E-state index is 0.0834. The summed E-state index contributed by atoms with van der Waals surface area (Å²) < 4.78 is 5.81. The van der Waals surface area contributed by atoms with E-state index in [1.54, 1.807) is 0 Å². The van der Waals surface area contributed by atoms with Gasteiger partial charge in [-0.05, 0) is 63.7 Å². The molecule has 3 aliphatic rings. The molecule has 0 aromatic heterocycles. The Balaban J connectivity index is 1.96. The third-order valence-corrected chi connectivity index (χ3v) is 7.08. The van der Waals surface area contributed by atoms with Crippen LogP contribution in [0.25, 0.3) is 0 Å². The molecule has 3 rings (SSSR count). The lowest BCUT2D eigenvalue weighted by atomic mass is 9.55. The van der Waals surface area contributed by atoms with E-state index in [1.807, 2.05) is 6.92 Å². The molecule has 0 aromatic rings. The third-order valence-electron chi connectivity index (χ3n) is 7.08. The summed E-state index contributed by atoms with van der Waals surface area (Å²) in [5.74, 6) is 0.344.